The first-order valence-corrected chi connectivity index (χ1v) is 9.52. The first kappa shape index (κ1) is 19.9. The maximum Gasteiger partial charge on any atom is 0.232 e. The molecule has 1 aromatic carbocycles. The van der Waals surface area contributed by atoms with E-state index in [0.717, 1.165) is 38.2 Å². The Morgan fingerprint density at radius 1 is 1.16 bits per heavy atom. The zero-order valence-corrected chi connectivity index (χ0v) is 16.7. The molecule has 25 heavy (non-hydrogen) atoms. The van der Waals surface area contributed by atoms with Crippen LogP contribution in [-0.2, 0) is 10.2 Å². The van der Waals surface area contributed by atoms with E-state index in [1.54, 1.807) is 0 Å². The molecule has 1 amide bonds. The van der Waals surface area contributed by atoms with Crippen LogP contribution >= 0.6 is 0 Å². The summed E-state index contributed by atoms with van der Waals surface area (Å²) < 4.78 is 0. The Morgan fingerprint density at radius 3 is 2.48 bits per heavy atom. The van der Waals surface area contributed by atoms with E-state index in [-0.39, 0.29) is 5.91 Å². The van der Waals surface area contributed by atoms with Gasteiger partial charge in [0, 0.05) is 19.1 Å². The zero-order chi connectivity index (χ0) is 18.4. The van der Waals surface area contributed by atoms with Crippen molar-refractivity contribution in [2.45, 2.75) is 44.6 Å². The average molecular weight is 346 g/mol. The van der Waals surface area contributed by atoms with Gasteiger partial charge in [0.2, 0.25) is 5.91 Å². The molecular weight excluding hydrogens is 310 g/mol. The normalized spacial score (nSPS) is 18.8. The predicted molar refractivity (Wildman–Crippen MR) is 105 cm³/mol. The minimum absolute atomic E-state index is 0.255. The first-order chi connectivity index (χ1) is 11.8. The van der Waals surface area contributed by atoms with Crippen LogP contribution in [0.3, 0.4) is 0 Å². The van der Waals surface area contributed by atoms with Gasteiger partial charge in [-0.3, -0.25) is 4.79 Å². The largest absolute Gasteiger partial charge is 0.340 e. The molecule has 1 aromatic rings. The van der Waals surface area contributed by atoms with Crippen LogP contribution in [0.15, 0.2) is 30.3 Å². The van der Waals surface area contributed by atoms with E-state index in [0.29, 0.717) is 6.04 Å². The van der Waals surface area contributed by atoms with Crippen LogP contribution in [0.4, 0.5) is 0 Å². The van der Waals surface area contributed by atoms with Gasteiger partial charge >= 0.3 is 0 Å². The van der Waals surface area contributed by atoms with Crippen LogP contribution in [0.1, 0.15) is 38.7 Å². The Labute approximate surface area is 153 Å². The molecule has 4 nitrogen and oxygen atoms in total. The highest BCUT2D eigenvalue weighted by Gasteiger charge is 2.36. The fraction of sp³-hybridized carbons (Fsp3) is 0.667. The summed E-state index contributed by atoms with van der Waals surface area (Å²) in [5.41, 5.74) is 0.633. The van der Waals surface area contributed by atoms with Gasteiger partial charge in [-0.05, 0) is 72.9 Å². The number of benzene rings is 1. The second kappa shape index (κ2) is 8.81. The van der Waals surface area contributed by atoms with E-state index in [2.05, 4.69) is 61.8 Å². The Kier molecular flexibility index (Phi) is 7.03. The lowest BCUT2D eigenvalue weighted by Gasteiger charge is -2.41. The smallest absolute Gasteiger partial charge is 0.232 e. The quantitative estimate of drug-likeness (QED) is 0.760. The van der Waals surface area contributed by atoms with Crippen molar-refractivity contribution in [3.63, 3.8) is 0 Å². The van der Waals surface area contributed by atoms with E-state index >= 15 is 0 Å². The first-order valence-electron chi connectivity index (χ1n) is 9.52. The van der Waals surface area contributed by atoms with E-state index in [1.807, 2.05) is 18.2 Å². The molecule has 1 saturated heterocycles. The third kappa shape index (κ3) is 5.29. The lowest BCUT2D eigenvalue weighted by atomic mass is 9.82. The molecule has 0 bridgehead atoms. The number of carbonyl (C=O) groups excluding carboxylic acids is 1. The Bertz CT molecular complexity index is 541. The van der Waals surface area contributed by atoms with Crippen LogP contribution in [0.5, 0.6) is 0 Å². The van der Waals surface area contributed by atoms with E-state index in [9.17, 15) is 4.79 Å². The Balaban J connectivity index is 1.96. The van der Waals surface area contributed by atoms with Crippen LogP contribution < -0.4 is 0 Å². The molecule has 1 unspecified atom stereocenters. The molecule has 1 atom stereocenters. The number of hydrogen-bond donors (Lipinski definition) is 0. The van der Waals surface area contributed by atoms with Gasteiger partial charge in [0.1, 0.15) is 0 Å². The molecule has 4 heteroatoms. The van der Waals surface area contributed by atoms with Crippen LogP contribution in [0, 0.1) is 0 Å². The monoisotopic (exact) mass is 345 g/mol. The molecule has 2 rings (SSSR count). The second-order valence-electron chi connectivity index (χ2n) is 8.18. The lowest BCUT2D eigenvalue weighted by Crippen LogP contribution is -2.53. The summed E-state index contributed by atoms with van der Waals surface area (Å²) in [6.07, 6.45) is 3.46. The molecule has 0 radical (unpaired) electrons. The minimum atomic E-state index is -0.466. The van der Waals surface area contributed by atoms with Gasteiger partial charge in [-0.15, -0.1) is 0 Å². The summed E-state index contributed by atoms with van der Waals surface area (Å²) in [5, 5.41) is 0. The molecule has 140 valence electrons. The van der Waals surface area contributed by atoms with Gasteiger partial charge in [-0.1, -0.05) is 30.3 Å². The van der Waals surface area contributed by atoms with Crippen molar-refractivity contribution in [3.05, 3.63) is 35.9 Å². The summed E-state index contributed by atoms with van der Waals surface area (Å²) in [6, 6.07) is 10.6. The lowest BCUT2D eigenvalue weighted by molar-refractivity contribution is -0.138. The van der Waals surface area contributed by atoms with Crippen molar-refractivity contribution >= 4 is 5.91 Å². The highest BCUT2D eigenvalue weighted by Crippen LogP contribution is 2.27. The van der Waals surface area contributed by atoms with Gasteiger partial charge in [0.05, 0.1) is 5.41 Å². The number of likely N-dealkylation sites (tertiary alicyclic amines) is 1. The number of likely N-dealkylation sites (N-methyl/N-ethyl adjacent to an activating group) is 1. The molecule has 1 aliphatic rings. The molecule has 0 aliphatic carbocycles. The highest BCUT2D eigenvalue weighted by molar-refractivity contribution is 5.87. The summed E-state index contributed by atoms with van der Waals surface area (Å²) in [7, 11) is 6.44. The molecule has 0 aromatic heterocycles. The average Bonchev–Trinajstić information content (AvgIpc) is 2.61. The number of rotatable bonds is 7. The highest BCUT2D eigenvalue weighted by atomic mass is 16.2. The Hall–Kier alpha value is -1.39. The van der Waals surface area contributed by atoms with Gasteiger partial charge < -0.3 is 14.7 Å². The molecule has 0 spiro atoms. The van der Waals surface area contributed by atoms with Crippen molar-refractivity contribution in [2.75, 3.05) is 47.3 Å². The summed E-state index contributed by atoms with van der Waals surface area (Å²) in [5.74, 6) is 0.255. The standard InChI is InChI=1S/C21H35N3O/c1-21(2,18-11-7-6-8-12-18)20(25)24-16-9-13-19(17-24)23(5)15-10-14-22(3)4/h6-8,11-12,19H,9-10,13-17H2,1-5H3. The topological polar surface area (TPSA) is 26.8 Å². The van der Waals surface area contributed by atoms with Crippen LogP contribution in [-0.4, -0.2) is 74.0 Å². The van der Waals surface area contributed by atoms with Crippen molar-refractivity contribution in [2.24, 2.45) is 0 Å². The third-order valence-corrected chi connectivity index (χ3v) is 5.45. The summed E-state index contributed by atoms with van der Waals surface area (Å²) >= 11 is 0. The predicted octanol–water partition coefficient (Wildman–Crippen LogP) is 2.84. The SMILES string of the molecule is CN(C)CCCN(C)C1CCCN(C(=O)C(C)(C)c2ccccc2)C1. The summed E-state index contributed by atoms with van der Waals surface area (Å²) in [6.45, 7) is 8.04. The van der Waals surface area contributed by atoms with Crippen LogP contribution in [0.25, 0.3) is 0 Å². The minimum Gasteiger partial charge on any atom is -0.340 e. The van der Waals surface area contributed by atoms with E-state index in [4.69, 9.17) is 0 Å². The maximum absolute atomic E-state index is 13.2. The van der Waals surface area contributed by atoms with E-state index < -0.39 is 5.41 Å². The van der Waals surface area contributed by atoms with Gasteiger partial charge in [0.25, 0.3) is 0 Å². The van der Waals surface area contributed by atoms with Gasteiger partial charge in [-0.25, -0.2) is 0 Å². The molecule has 1 heterocycles. The van der Waals surface area contributed by atoms with Crippen molar-refractivity contribution in [1.29, 1.82) is 0 Å². The number of nitrogens with zero attached hydrogens (tertiary/aromatic N) is 3. The van der Waals surface area contributed by atoms with Gasteiger partial charge in [-0.2, -0.15) is 0 Å². The fourth-order valence-electron chi connectivity index (χ4n) is 3.69. The number of amides is 1. The van der Waals surface area contributed by atoms with Crippen molar-refractivity contribution < 1.29 is 4.79 Å². The summed E-state index contributed by atoms with van der Waals surface area (Å²) in [4.78, 5) is 20.0. The van der Waals surface area contributed by atoms with Crippen LogP contribution in [0.2, 0.25) is 0 Å². The fourth-order valence-corrected chi connectivity index (χ4v) is 3.69. The number of piperidine rings is 1. The number of carbonyl (C=O) groups is 1. The number of hydrogen-bond acceptors (Lipinski definition) is 3. The molecule has 0 N–H and O–H groups in total. The molecular formula is C21H35N3O. The third-order valence-electron chi connectivity index (χ3n) is 5.45. The zero-order valence-electron chi connectivity index (χ0n) is 16.7. The molecule has 1 fully saturated rings. The second-order valence-corrected chi connectivity index (χ2v) is 8.18. The van der Waals surface area contributed by atoms with E-state index in [1.165, 1.54) is 12.8 Å². The van der Waals surface area contributed by atoms with Crippen molar-refractivity contribution in [1.82, 2.24) is 14.7 Å². The van der Waals surface area contributed by atoms with Crippen molar-refractivity contribution in [3.8, 4) is 0 Å². The molecule has 1 aliphatic heterocycles. The molecule has 0 saturated carbocycles. The maximum atomic E-state index is 13.2. The Morgan fingerprint density at radius 2 is 1.84 bits per heavy atom. The van der Waals surface area contributed by atoms with Gasteiger partial charge in [0.15, 0.2) is 0 Å².